The van der Waals surface area contributed by atoms with Crippen LogP contribution in [0, 0.1) is 0 Å². The summed E-state index contributed by atoms with van der Waals surface area (Å²) < 4.78 is 4.70. The molecule has 2 rings (SSSR count). The zero-order valence-electron chi connectivity index (χ0n) is 8.62. The van der Waals surface area contributed by atoms with Crippen LogP contribution in [0.1, 0.15) is 11.1 Å². The Hall–Kier alpha value is -1.55. The first-order valence-electron chi connectivity index (χ1n) is 4.89. The van der Waals surface area contributed by atoms with E-state index in [0.29, 0.717) is 13.0 Å². The number of rotatable bonds is 1. The number of benzene rings is 1. The number of methoxy groups -OCH3 is 1. The lowest BCUT2D eigenvalue weighted by atomic mass is 9.95. The zero-order valence-corrected chi connectivity index (χ0v) is 8.62. The third kappa shape index (κ3) is 1.94. The van der Waals surface area contributed by atoms with Crippen LogP contribution in [0.15, 0.2) is 18.2 Å². The maximum Gasteiger partial charge on any atom is 0.323 e. The van der Waals surface area contributed by atoms with Crippen molar-refractivity contribution < 1.29 is 9.53 Å². The largest absolute Gasteiger partial charge is 0.468 e. The molecule has 1 heterocycles. The molecule has 0 unspecified atom stereocenters. The van der Waals surface area contributed by atoms with Gasteiger partial charge in [0, 0.05) is 12.2 Å². The lowest BCUT2D eigenvalue weighted by Gasteiger charge is -2.24. The minimum absolute atomic E-state index is 0.219. The summed E-state index contributed by atoms with van der Waals surface area (Å²) in [6.45, 7) is 0.690. The summed E-state index contributed by atoms with van der Waals surface area (Å²) in [6.07, 6.45) is 0.646. The average molecular weight is 206 g/mol. The number of hydrogen-bond acceptors (Lipinski definition) is 4. The van der Waals surface area contributed by atoms with Gasteiger partial charge in [0.15, 0.2) is 0 Å². The number of nitrogens with one attached hydrogen (secondary N) is 1. The molecule has 1 aromatic carbocycles. The standard InChI is InChI=1S/C11H14N2O2/c1-15-11(14)10-5-8-4-9(12)3-2-7(8)6-13-10/h2-4,10,13H,5-6,12H2,1H3/t10-/m1/s1. The van der Waals surface area contributed by atoms with Crippen molar-refractivity contribution in [1.29, 1.82) is 0 Å². The zero-order chi connectivity index (χ0) is 10.8. The topological polar surface area (TPSA) is 64.3 Å². The second-order valence-corrected chi connectivity index (χ2v) is 3.69. The highest BCUT2D eigenvalue weighted by Crippen LogP contribution is 2.19. The summed E-state index contributed by atoms with van der Waals surface area (Å²) in [6, 6.07) is 5.54. The number of nitrogens with two attached hydrogens (primary N) is 1. The summed E-state index contributed by atoms with van der Waals surface area (Å²) in [5, 5.41) is 3.13. The van der Waals surface area contributed by atoms with Gasteiger partial charge in [0.25, 0.3) is 0 Å². The van der Waals surface area contributed by atoms with Gasteiger partial charge in [-0.2, -0.15) is 0 Å². The van der Waals surface area contributed by atoms with Crippen LogP contribution in [-0.4, -0.2) is 19.1 Å². The van der Waals surface area contributed by atoms with E-state index in [1.807, 2.05) is 18.2 Å². The van der Waals surface area contributed by atoms with Crippen LogP contribution in [0.3, 0.4) is 0 Å². The number of esters is 1. The van der Waals surface area contributed by atoms with Gasteiger partial charge in [-0.1, -0.05) is 6.07 Å². The molecule has 0 amide bonds. The van der Waals surface area contributed by atoms with E-state index >= 15 is 0 Å². The van der Waals surface area contributed by atoms with Gasteiger partial charge >= 0.3 is 5.97 Å². The van der Waals surface area contributed by atoms with Crippen LogP contribution in [0.25, 0.3) is 0 Å². The molecule has 3 N–H and O–H groups in total. The van der Waals surface area contributed by atoms with Crippen molar-refractivity contribution in [2.24, 2.45) is 0 Å². The van der Waals surface area contributed by atoms with Crippen molar-refractivity contribution in [3.63, 3.8) is 0 Å². The van der Waals surface area contributed by atoms with Crippen molar-refractivity contribution in [3.8, 4) is 0 Å². The number of carbonyl (C=O) groups is 1. The number of anilines is 1. The van der Waals surface area contributed by atoms with E-state index in [1.54, 1.807) is 0 Å². The fourth-order valence-electron chi connectivity index (χ4n) is 1.84. The quantitative estimate of drug-likeness (QED) is 0.517. The molecule has 0 radical (unpaired) electrons. The predicted octanol–water partition coefficient (Wildman–Crippen LogP) is 0.456. The fourth-order valence-corrected chi connectivity index (χ4v) is 1.84. The summed E-state index contributed by atoms with van der Waals surface area (Å²) in [4.78, 5) is 11.3. The highest BCUT2D eigenvalue weighted by atomic mass is 16.5. The second kappa shape index (κ2) is 3.90. The van der Waals surface area contributed by atoms with Crippen molar-refractivity contribution >= 4 is 11.7 Å². The number of fused-ring (bicyclic) bond motifs is 1. The molecule has 0 spiro atoms. The molecule has 4 heteroatoms. The molecule has 0 aliphatic carbocycles. The monoisotopic (exact) mass is 206 g/mol. The number of nitrogen functional groups attached to an aromatic ring is 1. The Bertz CT molecular complexity index is 390. The number of hydrogen-bond donors (Lipinski definition) is 2. The molecule has 0 saturated heterocycles. The number of carbonyl (C=O) groups excluding carboxylic acids is 1. The summed E-state index contributed by atoms with van der Waals surface area (Å²) >= 11 is 0. The maximum absolute atomic E-state index is 11.3. The highest BCUT2D eigenvalue weighted by molar-refractivity contribution is 5.76. The van der Waals surface area contributed by atoms with Gasteiger partial charge in [0.1, 0.15) is 6.04 Å². The Morgan fingerprint density at radius 3 is 3.07 bits per heavy atom. The smallest absolute Gasteiger partial charge is 0.323 e. The van der Waals surface area contributed by atoms with Crippen molar-refractivity contribution in [3.05, 3.63) is 29.3 Å². The maximum atomic E-state index is 11.3. The Morgan fingerprint density at radius 2 is 2.33 bits per heavy atom. The molecule has 15 heavy (non-hydrogen) atoms. The van der Waals surface area contributed by atoms with Crippen molar-refractivity contribution in [2.75, 3.05) is 12.8 Å². The molecular formula is C11H14N2O2. The molecule has 0 bridgehead atoms. The number of ether oxygens (including phenoxy) is 1. The van der Waals surface area contributed by atoms with Crippen LogP contribution in [0.2, 0.25) is 0 Å². The molecule has 4 nitrogen and oxygen atoms in total. The first-order valence-corrected chi connectivity index (χ1v) is 4.89. The van der Waals surface area contributed by atoms with E-state index in [1.165, 1.54) is 12.7 Å². The normalized spacial score (nSPS) is 19.4. The van der Waals surface area contributed by atoms with Crippen LogP contribution in [-0.2, 0) is 22.5 Å². The van der Waals surface area contributed by atoms with Crippen molar-refractivity contribution in [2.45, 2.75) is 19.0 Å². The van der Waals surface area contributed by atoms with Gasteiger partial charge in [0.05, 0.1) is 7.11 Å². The Morgan fingerprint density at radius 1 is 1.53 bits per heavy atom. The summed E-state index contributed by atoms with van der Waals surface area (Å²) in [7, 11) is 1.40. The van der Waals surface area contributed by atoms with E-state index in [4.69, 9.17) is 10.5 Å². The van der Waals surface area contributed by atoms with Gasteiger partial charge < -0.3 is 15.8 Å². The van der Waals surface area contributed by atoms with E-state index in [-0.39, 0.29) is 12.0 Å². The van der Waals surface area contributed by atoms with Crippen LogP contribution >= 0.6 is 0 Å². The molecule has 0 saturated carbocycles. The third-order valence-electron chi connectivity index (χ3n) is 2.68. The third-order valence-corrected chi connectivity index (χ3v) is 2.68. The first-order chi connectivity index (χ1) is 7.20. The molecule has 0 aromatic heterocycles. The van der Waals surface area contributed by atoms with E-state index in [2.05, 4.69) is 5.32 Å². The molecule has 1 aliphatic heterocycles. The predicted molar refractivity (Wildman–Crippen MR) is 57.2 cm³/mol. The lowest BCUT2D eigenvalue weighted by molar-refractivity contribution is -0.143. The van der Waals surface area contributed by atoms with E-state index in [9.17, 15) is 4.79 Å². The minimum atomic E-state index is -0.246. The second-order valence-electron chi connectivity index (χ2n) is 3.69. The highest BCUT2D eigenvalue weighted by Gasteiger charge is 2.24. The molecular weight excluding hydrogens is 192 g/mol. The first kappa shape index (κ1) is 9.98. The molecule has 1 atom stereocenters. The lowest BCUT2D eigenvalue weighted by Crippen LogP contribution is -2.42. The van der Waals surface area contributed by atoms with Crippen LogP contribution < -0.4 is 11.1 Å². The molecule has 0 fully saturated rings. The fraction of sp³-hybridized carbons (Fsp3) is 0.364. The van der Waals surface area contributed by atoms with Crippen LogP contribution in [0.4, 0.5) is 5.69 Å². The summed E-state index contributed by atoms with van der Waals surface area (Å²) in [5.41, 5.74) is 8.76. The molecule has 1 aliphatic rings. The van der Waals surface area contributed by atoms with Gasteiger partial charge in [-0.05, 0) is 29.7 Å². The van der Waals surface area contributed by atoms with Gasteiger partial charge in [-0.3, -0.25) is 4.79 Å². The van der Waals surface area contributed by atoms with Gasteiger partial charge in [-0.15, -0.1) is 0 Å². The SMILES string of the molecule is COC(=O)[C@H]1Cc2cc(N)ccc2CN1. The van der Waals surface area contributed by atoms with Gasteiger partial charge in [0.2, 0.25) is 0 Å². The van der Waals surface area contributed by atoms with E-state index in [0.717, 1.165) is 11.3 Å². The average Bonchev–Trinajstić information content (AvgIpc) is 2.27. The molecule has 1 aromatic rings. The van der Waals surface area contributed by atoms with E-state index < -0.39 is 0 Å². The Balaban J connectivity index is 2.22. The van der Waals surface area contributed by atoms with Crippen molar-refractivity contribution in [1.82, 2.24) is 5.32 Å². The molecule has 80 valence electrons. The Kier molecular flexibility index (Phi) is 2.60. The van der Waals surface area contributed by atoms with Crippen LogP contribution in [0.5, 0.6) is 0 Å². The van der Waals surface area contributed by atoms with Gasteiger partial charge in [-0.25, -0.2) is 0 Å². The summed E-state index contributed by atoms with van der Waals surface area (Å²) in [5.74, 6) is -0.219. The minimum Gasteiger partial charge on any atom is -0.468 e. The Labute approximate surface area is 88.4 Å².